The highest BCUT2D eigenvalue weighted by molar-refractivity contribution is 14.0. The van der Waals surface area contributed by atoms with Gasteiger partial charge in [-0.25, -0.2) is 4.99 Å². The summed E-state index contributed by atoms with van der Waals surface area (Å²) < 4.78 is 41.1. The fourth-order valence-corrected chi connectivity index (χ4v) is 2.17. The van der Waals surface area contributed by atoms with E-state index in [2.05, 4.69) is 20.4 Å². The number of phenolic OH excluding ortho intramolecular Hbond substituents is 1. The molecule has 0 spiro atoms. The van der Waals surface area contributed by atoms with Gasteiger partial charge in [-0.05, 0) is 42.3 Å². The topological polar surface area (TPSA) is 65.9 Å². The maximum absolute atomic E-state index is 12.1. The van der Waals surface area contributed by atoms with Crippen molar-refractivity contribution in [1.29, 1.82) is 0 Å². The van der Waals surface area contributed by atoms with E-state index in [1.807, 2.05) is 19.1 Å². The van der Waals surface area contributed by atoms with Gasteiger partial charge < -0.3 is 20.5 Å². The molecule has 0 aromatic heterocycles. The number of nitrogens with one attached hydrogen (secondary N) is 2. The number of guanidine groups is 1. The molecule has 5 nitrogen and oxygen atoms in total. The van der Waals surface area contributed by atoms with Crippen molar-refractivity contribution in [1.82, 2.24) is 10.6 Å². The Balaban J connectivity index is 0.00000392. The van der Waals surface area contributed by atoms with Gasteiger partial charge in [0.05, 0.1) is 6.54 Å². The number of nitrogens with zero attached hydrogens (tertiary/aromatic N) is 1. The Morgan fingerprint density at radius 2 is 1.61 bits per heavy atom. The van der Waals surface area contributed by atoms with Gasteiger partial charge in [0, 0.05) is 13.1 Å². The minimum atomic E-state index is -4.35. The Morgan fingerprint density at radius 1 is 1.00 bits per heavy atom. The predicted molar refractivity (Wildman–Crippen MR) is 113 cm³/mol. The summed E-state index contributed by atoms with van der Waals surface area (Å²) in [7, 11) is 0. The minimum Gasteiger partial charge on any atom is -0.508 e. The first-order chi connectivity index (χ1) is 12.9. The Morgan fingerprint density at radius 3 is 2.18 bits per heavy atom. The number of rotatable bonds is 7. The summed E-state index contributed by atoms with van der Waals surface area (Å²) in [4.78, 5) is 4.46. The van der Waals surface area contributed by atoms with Crippen molar-refractivity contribution in [2.45, 2.75) is 26.2 Å². The minimum absolute atomic E-state index is 0. The van der Waals surface area contributed by atoms with Gasteiger partial charge in [-0.3, -0.25) is 0 Å². The predicted octanol–water partition coefficient (Wildman–Crippen LogP) is 4.21. The van der Waals surface area contributed by atoms with Crippen LogP contribution in [0.2, 0.25) is 0 Å². The van der Waals surface area contributed by atoms with Crippen LogP contribution in [0.1, 0.15) is 18.1 Å². The van der Waals surface area contributed by atoms with Crippen molar-refractivity contribution in [3.05, 3.63) is 59.7 Å². The van der Waals surface area contributed by atoms with Crippen LogP contribution in [-0.2, 0) is 13.1 Å². The molecule has 3 N–H and O–H groups in total. The quantitative estimate of drug-likeness (QED) is 0.298. The summed E-state index contributed by atoms with van der Waals surface area (Å²) in [5.41, 5.74) is 1.83. The van der Waals surface area contributed by atoms with Gasteiger partial charge in [-0.1, -0.05) is 24.3 Å². The van der Waals surface area contributed by atoms with E-state index in [1.165, 1.54) is 12.1 Å². The van der Waals surface area contributed by atoms with E-state index in [9.17, 15) is 18.3 Å². The standard InChI is InChI=1S/C19H22F3N3O2.HI/c1-2-23-18(24-11-14-3-7-16(26)8-4-14)25-12-15-5-9-17(10-6-15)27-13-19(20,21)22;/h3-10,26H,2,11-13H2,1H3,(H2,23,24,25);1H. The molecule has 0 radical (unpaired) electrons. The van der Waals surface area contributed by atoms with Crippen molar-refractivity contribution >= 4 is 29.9 Å². The van der Waals surface area contributed by atoms with Crippen LogP contribution in [0, 0.1) is 0 Å². The van der Waals surface area contributed by atoms with E-state index < -0.39 is 12.8 Å². The average Bonchev–Trinajstić information content (AvgIpc) is 2.64. The fraction of sp³-hybridized carbons (Fsp3) is 0.316. The van der Waals surface area contributed by atoms with Gasteiger partial charge in [0.25, 0.3) is 0 Å². The second-order valence-corrected chi connectivity index (χ2v) is 5.76. The average molecular weight is 509 g/mol. The lowest BCUT2D eigenvalue weighted by atomic mass is 10.2. The summed E-state index contributed by atoms with van der Waals surface area (Å²) in [5, 5.41) is 15.6. The summed E-state index contributed by atoms with van der Waals surface area (Å²) in [6, 6.07) is 13.2. The molecule has 0 heterocycles. The smallest absolute Gasteiger partial charge is 0.422 e. The first-order valence-electron chi connectivity index (χ1n) is 8.44. The van der Waals surface area contributed by atoms with E-state index in [0.29, 0.717) is 25.6 Å². The molecular formula is C19H23F3IN3O2. The lowest BCUT2D eigenvalue weighted by Crippen LogP contribution is -2.36. The lowest BCUT2D eigenvalue weighted by molar-refractivity contribution is -0.153. The normalized spacial score (nSPS) is 11.5. The van der Waals surface area contributed by atoms with Crippen molar-refractivity contribution in [2.24, 2.45) is 4.99 Å². The molecule has 0 fully saturated rings. The van der Waals surface area contributed by atoms with Crippen LogP contribution >= 0.6 is 24.0 Å². The van der Waals surface area contributed by atoms with Crippen LogP contribution in [0.4, 0.5) is 13.2 Å². The van der Waals surface area contributed by atoms with Crippen LogP contribution in [0.15, 0.2) is 53.5 Å². The molecule has 0 saturated carbocycles. The van der Waals surface area contributed by atoms with Crippen LogP contribution in [-0.4, -0.2) is 30.4 Å². The highest BCUT2D eigenvalue weighted by Gasteiger charge is 2.28. The van der Waals surface area contributed by atoms with Gasteiger partial charge in [0.1, 0.15) is 11.5 Å². The number of aliphatic imine (C=N–C) groups is 1. The number of alkyl halides is 3. The van der Waals surface area contributed by atoms with Crippen LogP contribution in [0.25, 0.3) is 0 Å². The molecule has 9 heteroatoms. The zero-order valence-electron chi connectivity index (χ0n) is 15.3. The van der Waals surface area contributed by atoms with Gasteiger partial charge in [0.15, 0.2) is 12.6 Å². The molecule has 0 atom stereocenters. The van der Waals surface area contributed by atoms with Gasteiger partial charge in [-0.15, -0.1) is 24.0 Å². The monoisotopic (exact) mass is 509 g/mol. The number of hydrogen-bond acceptors (Lipinski definition) is 3. The molecule has 0 aliphatic rings. The highest BCUT2D eigenvalue weighted by Crippen LogP contribution is 2.19. The Labute approximate surface area is 179 Å². The van der Waals surface area contributed by atoms with Gasteiger partial charge in [0.2, 0.25) is 0 Å². The van der Waals surface area contributed by atoms with Crippen molar-refractivity contribution in [2.75, 3.05) is 13.2 Å². The zero-order chi connectivity index (χ0) is 19.7. The van der Waals surface area contributed by atoms with Gasteiger partial charge >= 0.3 is 6.18 Å². The molecule has 0 bridgehead atoms. The molecule has 28 heavy (non-hydrogen) atoms. The van der Waals surface area contributed by atoms with E-state index >= 15 is 0 Å². The number of aromatic hydroxyl groups is 1. The van der Waals surface area contributed by atoms with Crippen LogP contribution in [0.5, 0.6) is 11.5 Å². The van der Waals surface area contributed by atoms with Crippen molar-refractivity contribution < 1.29 is 23.0 Å². The second-order valence-electron chi connectivity index (χ2n) is 5.76. The molecule has 2 aromatic rings. The molecular weight excluding hydrogens is 486 g/mol. The zero-order valence-corrected chi connectivity index (χ0v) is 17.6. The highest BCUT2D eigenvalue weighted by atomic mass is 127. The summed E-state index contributed by atoms with van der Waals surface area (Å²) >= 11 is 0. The number of ether oxygens (including phenoxy) is 1. The molecule has 154 valence electrons. The molecule has 0 amide bonds. The van der Waals surface area contributed by atoms with Gasteiger partial charge in [-0.2, -0.15) is 13.2 Å². The van der Waals surface area contributed by atoms with E-state index in [-0.39, 0.29) is 35.5 Å². The molecule has 0 unspecified atom stereocenters. The van der Waals surface area contributed by atoms with Crippen molar-refractivity contribution in [3.63, 3.8) is 0 Å². The summed E-state index contributed by atoms with van der Waals surface area (Å²) in [6.45, 7) is 2.23. The maximum atomic E-state index is 12.1. The Kier molecular flexibility index (Phi) is 9.91. The first kappa shape index (κ1) is 23.9. The number of benzene rings is 2. The first-order valence-corrected chi connectivity index (χ1v) is 8.44. The third-order valence-corrected chi connectivity index (χ3v) is 3.49. The van der Waals surface area contributed by atoms with E-state index in [0.717, 1.165) is 11.1 Å². The summed E-state index contributed by atoms with van der Waals surface area (Å²) in [5.74, 6) is 0.988. The third kappa shape index (κ3) is 9.16. The maximum Gasteiger partial charge on any atom is 0.422 e. The summed E-state index contributed by atoms with van der Waals surface area (Å²) in [6.07, 6.45) is -4.35. The fourth-order valence-electron chi connectivity index (χ4n) is 2.17. The number of halogens is 4. The second kappa shape index (κ2) is 11.6. The van der Waals surface area contributed by atoms with Crippen LogP contribution < -0.4 is 15.4 Å². The largest absolute Gasteiger partial charge is 0.508 e. The Hall–Kier alpha value is -2.17. The number of hydrogen-bond donors (Lipinski definition) is 3. The Bertz CT molecular complexity index is 736. The number of phenols is 1. The molecule has 0 aliphatic carbocycles. The molecule has 2 rings (SSSR count). The van der Waals surface area contributed by atoms with Crippen LogP contribution in [0.3, 0.4) is 0 Å². The van der Waals surface area contributed by atoms with E-state index in [1.54, 1.807) is 24.3 Å². The van der Waals surface area contributed by atoms with E-state index in [4.69, 9.17) is 0 Å². The SMILES string of the molecule is CCNC(=NCc1ccc(OCC(F)(F)F)cc1)NCc1ccc(O)cc1.I. The third-order valence-electron chi connectivity index (χ3n) is 3.49. The van der Waals surface area contributed by atoms with Crippen molar-refractivity contribution in [3.8, 4) is 11.5 Å². The molecule has 0 aliphatic heterocycles. The molecule has 2 aromatic carbocycles. The molecule has 0 saturated heterocycles. The lowest BCUT2D eigenvalue weighted by Gasteiger charge is -2.12.